The lowest BCUT2D eigenvalue weighted by atomic mass is 10.1. The number of nitrogens with two attached hydrogens (primary N) is 1. The van der Waals surface area contributed by atoms with E-state index in [-0.39, 0.29) is 11.9 Å². The van der Waals surface area contributed by atoms with Gasteiger partial charge in [0, 0.05) is 15.7 Å². The molecule has 0 aliphatic rings. The maximum atomic E-state index is 12.1. The topological polar surface area (TPSA) is 55.1 Å². The van der Waals surface area contributed by atoms with Crippen molar-refractivity contribution in [3.8, 4) is 0 Å². The molecule has 19 heavy (non-hydrogen) atoms. The van der Waals surface area contributed by atoms with Gasteiger partial charge in [-0.3, -0.25) is 4.79 Å². The average molecular weight is 319 g/mol. The summed E-state index contributed by atoms with van der Waals surface area (Å²) in [6.45, 7) is 1.95. The van der Waals surface area contributed by atoms with Crippen LogP contribution >= 0.6 is 15.9 Å². The highest BCUT2D eigenvalue weighted by atomic mass is 79.9. The predicted molar refractivity (Wildman–Crippen MR) is 80.9 cm³/mol. The Morgan fingerprint density at radius 2 is 1.89 bits per heavy atom. The number of rotatable bonds is 3. The molecule has 4 heteroatoms. The van der Waals surface area contributed by atoms with Crippen molar-refractivity contribution in [2.75, 3.05) is 5.73 Å². The Morgan fingerprint density at radius 3 is 2.53 bits per heavy atom. The SMILES string of the molecule is C[C@H](NC(=O)c1ccc(Br)c(N)c1)c1ccccc1. The molecule has 0 aliphatic carbocycles. The van der Waals surface area contributed by atoms with E-state index in [1.807, 2.05) is 37.3 Å². The fourth-order valence-corrected chi connectivity index (χ4v) is 2.04. The molecule has 0 radical (unpaired) electrons. The van der Waals surface area contributed by atoms with E-state index in [9.17, 15) is 4.79 Å². The van der Waals surface area contributed by atoms with Gasteiger partial charge in [-0.25, -0.2) is 0 Å². The molecule has 0 spiro atoms. The maximum absolute atomic E-state index is 12.1. The highest BCUT2D eigenvalue weighted by Gasteiger charge is 2.11. The van der Waals surface area contributed by atoms with Crippen LogP contribution in [0.5, 0.6) is 0 Å². The molecule has 0 fully saturated rings. The molecular weight excluding hydrogens is 304 g/mol. The molecule has 0 aliphatic heterocycles. The van der Waals surface area contributed by atoms with E-state index >= 15 is 0 Å². The van der Waals surface area contributed by atoms with Gasteiger partial charge in [0.1, 0.15) is 0 Å². The van der Waals surface area contributed by atoms with Crippen LogP contribution in [0.2, 0.25) is 0 Å². The average Bonchev–Trinajstić information content (AvgIpc) is 2.42. The zero-order valence-corrected chi connectivity index (χ0v) is 12.1. The second-order valence-electron chi connectivity index (χ2n) is 4.34. The third-order valence-corrected chi connectivity index (χ3v) is 3.63. The van der Waals surface area contributed by atoms with E-state index in [0.29, 0.717) is 11.3 Å². The number of nitrogens with one attached hydrogen (secondary N) is 1. The molecule has 0 heterocycles. The molecule has 0 saturated heterocycles. The lowest BCUT2D eigenvalue weighted by Crippen LogP contribution is -2.26. The van der Waals surface area contributed by atoms with Crippen LogP contribution in [0.15, 0.2) is 53.0 Å². The van der Waals surface area contributed by atoms with Crippen molar-refractivity contribution in [3.05, 3.63) is 64.1 Å². The molecule has 2 aromatic rings. The number of amides is 1. The molecule has 3 nitrogen and oxygen atoms in total. The second kappa shape index (κ2) is 5.89. The van der Waals surface area contributed by atoms with Gasteiger partial charge in [-0.1, -0.05) is 30.3 Å². The minimum absolute atomic E-state index is 0.0430. The molecular formula is C15H15BrN2O. The maximum Gasteiger partial charge on any atom is 0.251 e. The Balaban J connectivity index is 2.11. The predicted octanol–water partition coefficient (Wildman–Crippen LogP) is 3.52. The summed E-state index contributed by atoms with van der Waals surface area (Å²) in [5.41, 5.74) is 7.96. The van der Waals surface area contributed by atoms with Crippen LogP contribution in [-0.4, -0.2) is 5.91 Å². The smallest absolute Gasteiger partial charge is 0.251 e. The third-order valence-electron chi connectivity index (χ3n) is 2.91. The molecule has 1 amide bonds. The van der Waals surface area contributed by atoms with Gasteiger partial charge in [-0.2, -0.15) is 0 Å². The summed E-state index contributed by atoms with van der Waals surface area (Å²) >= 11 is 3.31. The quantitative estimate of drug-likeness (QED) is 0.851. The highest BCUT2D eigenvalue weighted by molar-refractivity contribution is 9.10. The molecule has 1 atom stereocenters. The summed E-state index contributed by atoms with van der Waals surface area (Å²) < 4.78 is 0.792. The van der Waals surface area contributed by atoms with Gasteiger partial charge in [0.2, 0.25) is 0 Å². The van der Waals surface area contributed by atoms with Gasteiger partial charge < -0.3 is 11.1 Å². The van der Waals surface area contributed by atoms with Crippen molar-refractivity contribution >= 4 is 27.5 Å². The van der Waals surface area contributed by atoms with E-state index < -0.39 is 0 Å². The number of hydrogen-bond acceptors (Lipinski definition) is 2. The summed E-state index contributed by atoms with van der Waals surface area (Å²) in [6.07, 6.45) is 0. The van der Waals surface area contributed by atoms with Crippen LogP contribution in [0.25, 0.3) is 0 Å². The number of anilines is 1. The summed E-state index contributed by atoms with van der Waals surface area (Å²) in [4.78, 5) is 12.1. The molecule has 3 N–H and O–H groups in total. The first-order chi connectivity index (χ1) is 9.08. The fraction of sp³-hybridized carbons (Fsp3) is 0.133. The summed E-state index contributed by atoms with van der Waals surface area (Å²) in [6, 6.07) is 15.0. The van der Waals surface area contributed by atoms with Crippen molar-refractivity contribution in [1.29, 1.82) is 0 Å². The molecule has 98 valence electrons. The Kier molecular flexibility index (Phi) is 4.22. The van der Waals surface area contributed by atoms with Gasteiger partial charge in [0.05, 0.1) is 6.04 Å². The van der Waals surface area contributed by atoms with Crippen LogP contribution < -0.4 is 11.1 Å². The van der Waals surface area contributed by atoms with E-state index in [1.54, 1.807) is 18.2 Å². The van der Waals surface area contributed by atoms with Gasteiger partial charge >= 0.3 is 0 Å². The van der Waals surface area contributed by atoms with Crippen LogP contribution in [0.3, 0.4) is 0 Å². The zero-order valence-electron chi connectivity index (χ0n) is 10.6. The van der Waals surface area contributed by atoms with E-state index in [4.69, 9.17) is 5.73 Å². The Bertz CT molecular complexity index is 584. The van der Waals surface area contributed by atoms with Crippen molar-refractivity contribution < 1.29 is 4.79 Å². The number of hydrogen-bond donors (Lipinski definition) is 2. The largest absolute Gasteiger partial charge is 0.398 e. The van der Waals surface area contributed by atoms with Gasteiger partial charge in [0.25, 0.3) is 5.91 Å². The van der Waals surface area contributed by atoms with Crippen LogP contribution in [0.1, 0.15) is 28.9 Å². The first-order valence-corrected chi connectivity index (χ1v) is 6.78. The summed E-state index contributed by atoms with van der Waals surface area (Å²) in [5.74, 6) is -0.129. The summed E-state index contributed by atoms with van der Waals surface area (Å²) in [7, 11) is 0. The number of benzene rings is 2. The fourth-order valence-electron chi connectivity index (χ4n) is 1.79. The Labute approximate surface area is 121 Å². The molecule has 0 bridgehead atoms. The lowest BCUT2D eigenvalue weighted by molar-refractivity contribution is 0.0940. The van der Waals surface area contributed by atoms with Gasteiger partial charge in [0.15, 0.2) is 0 Å². The minimum atomic E-state index is -0.129. The minimum Gasteiger partial charge on any atom is -0.398 e. The third kappa shape index (κ3) is 3.35. The second-order valence-corrected chi connectivity index (χ2v) is 5.20. The number of nitrogen functional groups attached to an aromatic ring is 1. The first-order valence-electron chi connectivity index (χ1n) is 5.99. The molecule has 0 unspecified atom stereocenters. The Morgan fingerprint density at radius 1 is 1.21 bits per heavy atom. The van der Waals surface area contributed by atoms with Crippen molar-refractivity contribution in [3.63, 3.8) is 0 Å². The normalized spacial score (nSPS) is 11.9. The van der Waals surface area contributed by atoms with Crippen molar-refractivity contribution in [2.45, 2.75) is 13.0 Å². The highest BCUT2D eigenvalue weighted by Crippen LogP contribution is 2.20. The van der Waals surface area contributed by atoms with E-state index in [0.717, 1.165) is 10.0 Å². The van der Waals surface area contributed by atoms with Gasteiger partial charge in [-0.15, -0.1) is 0 Å². The zero-order chi connectivity index (χ0) is 13.8. The molecule has 0 saturated carbocycles. The Hall–Kier alpha value is -1.81. The van der Waals surface area contributed by atoms with Crippen LogP contribution in [0, 0.1) is 0 Å². The summed E-state index contributed by atoms with van der Waals surface area (Å²) in [5, 5.41) is 2.95. The number of carbonyl (C=O) groups excluding carboxylic acids is 1. The van der Waals surface area contributed by atoms with Crippen molar-refractivity contribution in [1.82, 2.24) is 5.32 Å². The molecule has 2 rings (SSSR count). The van der Waals surface area contributed by atoms with Crippen LogP contribution in [-0.2, 0) is 0 Å². The van der Waals surface area contributed by atoms with E-state index in [2.05, 4.69) is 21.2 Å². The monoisotopic (exact) mass is 318 g/mol. The van der Waals surface area contributed by atoms with E-state index in [1.165, 1.54) is 0 Å². The first kappa shape index (κ1) is 13.6. The molecule has 2 aromatic carbocycles. The van der Waals surface area contributed by atoms with Gasteiger partial charge in [-0.05, 0) is 46.6 Å². The van der Waals surface area contributed by atoms with Crippen LogP contribution in [0.4, 0.5) is 5.69 Å². The number of carbonyl (C=O) groups is 1. The van der Waals surface area contributed by atoms with Crippen molar-refractivity contribution in [2.24, 2.45) is 0 Å². The standard InChI is InChI=1S/C15H15BrN2O/c1-10(11-5-3-2-4-6-11)18-15(19)12-7-8-13(16)14(17)9-12/h2-10H,17H2,1H3,(H,18,19)/t10-/m0/s1. The lowest BCUT2D eigenvalue weighted by Gasteiger charge is -2.14. The molecule has 0 aromatic heterocycles. The number of halogens is 1.